The lowest BCUT2D eigenvalue weighted by Crippen LogP contribution is -2.63. The van der Waals surface area contributed by atoms with Crippen LogP contribution < -0.4 is 5.32 Å². The van der Waals surface area contributed by atoms with Gasteiger partial charge in [-0.25, -0.2) is 4.79 Å². The molecule has 0 aromatic rings. The number of thioether (sulfide) groups is 1. The number of likely N-dealkylation sites (tertiary alicyclic amines) is 1. The van der Waals surface area contributed by atoms with E-state index in [2.05, 4.69) is 10.2 Å². The van der Waals surface area contributed by atoms with Crippen LogP contribution in [0.4, 0.5) is 0 Å². The monoisotopic (exact) mass is 423 g/mol. The third-order valence-electron chi connectivity index (χ3n) is 7.11. The van der Waals surface area contributed by atoms with E-state index < -0.39 is 18.0 Å². The molecular weight excluding hydrogens is 390 g/mol. The molecule has 3 N–H and O–H groups in total. The summed E-state index contributed by atoms with van der Waals surface area (Å²) in [5, 5.41) is 23.6. The molecule has 162 valence electrons. The summed E-state index contributed by atoms with van der Waals surface area (Å²) in [5.41, 5.74) is 0.159. The number of hydrogen-bond acceptors (Lipinski definition) is 6. The van der Waals surface area contributed by atoms with E-state index in [1.807, 2.05) is 6.92 Å². The zero-order valence-electron chi connectivity index (χ0n) is 17.3. The van der Waals surface area contributed by atoms with Gasteiger partial charge >= 0.3 is 5.97 Å². The summed E-state index contributed by atoms with van der Waals surface area (Å²) in [7, 11) is 0. The molecule has 4 atom stereocenters. The number of hydrogen-bond donors (Lipinski definition) is 3. The van der Waals surface area contributed by atoms with E-state index in [0.717, 1.165) is 49.8 Å². The molecule has 0 saturated carbocycles. The molecule has 3 fully saturated rings. The Morgan fingerprint density at radius 2 is 1.90 bits per heavy atom. The van der Waals surface area contributed by atoms with Gasteiger partial charge in [0.2, 0.25) is 5.91 Å². The number of fused-ring (bicyclic) bond motifs is 1. The summed E-state index contributed by atoms with van der Waals surface area (Å²) < 4.78 is 0. The minimum absolute atomic E-state index is 0.0313. The molecule has 1 unspecified atom stereocenters. The first kappa shape index (κ1) is 21.2. The predicted molar refractivity (Wildman–Crippen MR) is 112 cm³/mol. The molecule has 0 bridgehead atoms. The van der Waals surface area contributed by atoms with E-state index in [-0.39, 0.29) is 23.6 Å². The van der Waals surface area contributed by atoms with Gasteiger partial charge in [-0.2, -0.15) is 0 Å². The maximum Gasteiger partial charge on any atom is 0.353 e. The minimum Gasteiger partial charge on any atom is -0.477 e. The van der Waals surface area contributed by atoms with Crippen molar-refractivity contribution in [2.45, 2.75) is 56.9 Å². The number of carbonyl (C=O) groups is 2. The molecule has 7 nitrogen and oxygen atoms in total. The third-order valence-corrected chi connectivity index (χ3v) is 8.74. The Balaban J connectivity index is 1.38. The second-order valence-electron chi connectivity index (χ2n) is 9.08. The topological polar surface area (TPSA) is 93.1 Å². The first-order chi connectivity index (χ1) is 13.9. The number of aliphatic hydroxyl groups excluding tert-OH is 1. The van der Waals surface area contributed by atoms with Crippen molar-refractivity contribution in [3.8, 4) is 0 Å². The zero-order valence-corrected chi connectivity index (χ0v) is 18.2. The van der Waals surface area contributed by atoms with Crippen molar-refractivity contribution in [3.05, 3.63) is 10.6 Å². The van der Waals surface area contributed by atoms with Crippen LogP contribution in [-0.2, 0) is 9.59 Å². The maximum absolute atomic E-state index is 12.5. The van der Waals surface area contributed by atoms with E-state index >= 15 is 0 Å². The van der Waals surface area contributed by atoms with Crippen molar-refractivity contribution in [3.63, 3.8) is 0 Å². The Kier molecular flexibility index (Phi) is 6.25. The van der Waals surface area contributed by atoms with Crippen LogP contribution >= 0.6 is 11.8 Å². The highest BCUT2D eigenvalue weighted by Gasteiger charge is 2.60. The quantitative estimate of drug-likeness (QED) is 0.555. The molecule has 8 heteroatoms. The van der Waals surface area contributed by atoms with Crippen LogP contribution in [0.15, 0.2) is 10.6 Å². The zero-order chi connectivity index (χ0) is 20.7. The Labute approximate surface area is 176 Å². The molecule has 4 rings (SSSR count). The van der Waals surface area contributed by atoms with Gasteiger partial charge < -0.3 is 25.3 Å². The number of amides is 1. The van der Waals surface area contributed by atoms with Crippen LogP contribution in [0.3, 0.4) is 0 Å². The molecule has 4 aliphatic heterocycles. The molecule has 0 radical (unpaired) electrons. The van der Waals surface area contributed by atoms with E-state index in [9.17, 15) is 19.8 Å². The van der Waals surface area contributed by atoms with Crippen molar-refractivity contribution in [1.82, 2.24) is 15.1 Å². The van der Waals surface area contributed by atoms with Crippen LogP contribution in [0, 0.1) is 17.8 Å². The Morgan fingerprint density at radius 3 is 2.48 bits per heavy atom. The van der Waals surface area contributed by atoms with Gasteiger partial charge in [0, 0.05) is 22.6 Å². The smallest absolute Gasteiger partial charge is 0.353 e. The normalized spacial score (nSPS) is 33.0. The second-order valence-corrected chi connectivity index (χ2v) is 10.4. The molecule has 29 heavy (non-hydrogen) atoms. The van der Waals surface area contributed by atoms with Gasteiger partial charge in [0.25, 0.3) is 0 Å². The number of carboxylic acid groups (broad SMARTS) is 1. The number of aliphatic hydroxyl groups is 1. The maximum atomic E-state index is 12.5. The molecule has 0 spiro atoms. The highest BCUT2D eigenvalue weighted by Crippen LogP contribution is 2.52. The van der Waals surface area contributed by atoms with Crippen molar-refractivity contribution in [1.29, 1.82) is 0 Å². The van der Waals surface area contributed by atoms with Gasteiger partial charge in [0.1, 0.15) is 5.70 Å². The summed E-state index contributed by atoms with van der Waals surface area (Å²) in [6, 6.07) is -0.212. The van der Waals surface area contributed by atoms with E-state index in [0.29, 0.717) is 5.25 Å². The number of aliphatic carboxylic acids is 1. The average molecular weight is 424 g/mol. The number of carbonyl (C=O) groups excluding carboxylic acids is 1. The third kappa shape index (κ3) is 3.96. The molecule has 4 heterocycles. The first-order valence-electron chi connectivity index (χ1n) is 11.0. The lowest BCUT2D eigenvalue weighted by molar-refractivity contribution is -0.163. The minimum atomic E-state index is -1.03. The van der Waals surface area contributed by atoms with Gasteiger partial charge in [-0.1, -0.05) is 6.92 Å². The van der Waals surface area contributed by atoms with Crippen molar-refractivity contribution in [2.24, 2.45) is 17.8 Å². The lowest BCUT2D eigenvalue weighted by atomic mass is 9.79. The number of β-lactam (4-membered cyclic amide) rings is 1. The molecule has 3 saturated heterocycles. The fourth-order valence-corrected chi connectivity index (χ4v) is 6.95. The van der Waals surface area contributed by atoms with Crippen LogP contribution in [0.5, 0.6) is 0 Å². The Hall–Kier alpha value is -1.09. The molecule has 4 aliphatic rings. The average Bonchev–Trinajstić information content (AvgIpc) is 2.93. The summed E-state index contributed by atoms with van der Waals surface area (Å²) in [4.78, 5) is 29.2. The van der Waals surface area contributed by atoms with Gasteiger partial charge in [-0.15, -0.1) is 11.8 Å². The summed E-state index contributed by atoms with van der Waals surface area (Å²) in [6.07, 6.45) is 3.88. The van der Waals surface area contributed by atoms with Crippen LogP contribution in [0.25, 0.3) is 0 Å². The van der Waals surface area contributed by atoms with Crippen molar-refractivity contribution < 1.29 is 19.8 Å². The molecular formula is C21H33N3O4S. The van der Waals surface area contributed by atoms with E-state index in [1.54, 1.807) is 18.7 Å². The fraction of sp³-hybridized carbons (Fsp3) is 0.810. The SMILES string of the molecule is CC(O)[C@H]1C(=O)N2C(C(=O)O)=C(SC3CCN(CC4CCNCC4)CC3)[C@H](C)[C@H]12. The predicted octanol–water partition coefficient (Wildman–Crippen LogP) is 1.34. The lowest BCUT2D eigenvalue weighted by Gasteiger charge is -2.46. The summed E-state index contributed by atoms with van der Waals surface area (Å²) in [5.74, 6) is -0.992. The highest BCUT2D eigenvalue weighted by atomic mass is 32.2. The van der Waals surface area contributed by atoms with Crippen LogP contribution in [0.2, 0.25) is 0 Å². The largest absolute Gasteiger partial charge is 0.477 e. The van der Waals surface area contributed by atoms with Crippen molar-refractivity contribution in [2.75, 3.05) is 32.7 Å². The second kappa shape index (κ2) is 8.57. The molecule has 1 amide bonds. The molecule has 0 aromatic carbocycles. The highest BCUT2D eigenvalue weighted by molar-refractivity contribution is 8.03. The Bertz CT molecular complexity index is 683. The van der Waals surface area contributed by atoms with Crippen molar-refractivity contribution >= 4 is 23.6 Å². The van der Waals surface area contributed by atoms with Gasteiger partial charge in [-0.05, 0) is 64.7 Å². The number of rotatable bonds is 6. The van der Waals surface area contributed by atoms with Gasteiger partial charge in [0.05, 0.1) is 18.1 Å². The molecule has 0 aliphatic carbocycles. The first-order valence-corrected chi connectivity index (χ1v) is 11.8. The summed E-state index contributed by atoms with van der Waals surface area (Å²) >= 11 is 1.67. The van der Waals surface area contributed by atoms with Crippen LogP contribution in [-0.4, -0.2) is 82.0 Å². The molecule has 0 aromatic heterocycles. The summed E-state index contributed by atoms with van der Waals surface area (Å²) in [6.45, 7) is 9.19. The standard InChI is InChI=1S/C21H33N3O4S/c1-12-17-16(13(2)25)20(26)24(17)18(21(27)28)19(12)29-15-5-9-23(10-6-15)11-14-3-7-22-8-4-14/h12-17,22,25H,3-11H2,1-2H3,(H,27,28)/t12-,13?,16-,17-/m1/s1. The number of nitrogens with zero attached hydrogens (tertiary/aromatic N) is 2. The van der Waals surface area contributed by atoms with Gasteiger partial charge in [0.15, 0.2) is 0 Å². The number of piperidine rings is 2. The van der Waals surface area contributed by atoms with Crippen LogP contribution in [0.1, 0.15) is 39.5 Å². The number of nitrogens with one attached hydrogen (secondary N) is 1. The Morgan fingerprint density at radius 1 is 1.24 bits per heavy atom. The van der Waals surface area contributed by atoms with Gasteiger partial charge in [-0.3, -0.25) is 4.79 Å². The van der Waals surface area contributed by atoms with E-state index in [4.69, 9.17) is 0 Å². The van der Waals surface area contributed by atoms with E-state index in [1.165, 1.54) is 24.3 Å². The fourth-order valence-electron chi connectivity index (χ4n) is 5.50. The number of carboxylic acids is 1.